The third kappa shape index (κ3) is 6.79. The van der Waals surface area contributed by atoms with Gasteiger partial charge in [0.15, 0.2) is 11.6 Å². The standard InChI is InChI=1S/C27H28F2N4O4/c1-27(2,3)24(26(36)37)22(35)15-20(34)13-14-21(25-30-31-32-33(25)4)23(16-5-9-18(28)10-6-16)17-7-11-19(29)12-8-17/h5-14,20,24,34H,15H2,1-4H3,(H,36,37)/t20-,24?/m1/s1. The second-order valence-corrected chi connectivity index (χ2v) is 9.66. The van der Waals surface area contributed by atoms with Crippen molar-refractivity contribution in [3.05, 3.63) is 89.3 Å². The molecule has 37 heavy (non-hydrogen) atoms. The number of Topliss-reactive ketones (excluding diaryl/α,β-unsaturated/α-hetero) is 1. The molecular weight excluding hydrogens is 482 g/mol. The fraction of sp³-hybridized carbons (Fsp3) is 0.296. The molecule has 3 aromatic rings. The monoisotopic (exact) mass is 510 g/mol. The van der Waals surface area contributed by atoms with E-state index in [0.717, 1.165) is 0 Å². The van der Waals surface area contributed by atoms with Gasteiger partial charge < -0.3 is 10.2 Å². The molecule has 2 aromatic carbocycles. The van der Waals surface area contributed by atoms with Crippen LogP contribution in [0.2, 0.25) is 0 Å². The Bertz CT molecular complexity index is 1280. The third-order valence-corrected chi connectivity index (χ3v) is 5.73. The topological polar surface area (TPSA) is 118 Å². The van der Waals surface area contributed by atoms with Crippen LogP contribution in [-0.4, -0.2) is 48.3 Å². The molecule has 0 radical (unpaired) electrons. The molecule has 0 aliphatic heterocycles. The Kier molecular flexibility index (Phi) is 8.44. The first kappa shape index (κ1) is 27.5. The van der Waals surface area contributed by atoms with Gasteiger partial charge in [0, 0.05) is 19.0 Å². The number of aliphatic hydroxyl groups is 1. The molecule has 0 aliphatic carbocycles. The Morgan fingerprint density at radius 3 is 1.92 bits per heavy atom. The van der Waals surface area contributed by atoms with Gasteiger partial charge in [-0.05, 0) is 56.8 Å². The minimum atomic E-state index is -1.31. The maximum Gasteiger partial charge on any atom is 0.314 e. The molecule has 0 saturated heterocycles. The number of benzene rings is 2. The maximum atomic E-state index is 13.7. The van der Waals surface area contributed by atoms with E-state index < -0.39 is 47.2 Å². The molecule has 10 heteroatoms. The average molecular weight is 511 g/mol. The van der Waals surface area contributed by atoms with Crippen molar-refractivity contribution in [1.29, 1.82) is 0 Å². The first-order valence-electron chi connectivity index (χ1n) is 11.5. The van der Waals surface area contributed by atoms with Crippen LogP contribution < -0.4 is 0 Å². The summed E-state index contributed by atoms with van der Waals surface area (Å²) >= 11 is 0. The smallest absolute Gasteiger partial charge is 0.314 e. The van der Waals surface area contributed by atoms with Gasteiger partial charge in [0.25, 0.3) is 0 Å². The number of aryl methyl sites for hydroxylation is 1. The maximum absolute atomic E-state index is 13.7. The van der Waals surface area contributed by atoms with E-state index in [1.165, 1.54) is 41.1 Å². The highest BCUT2D eigenvalue weighted by Gasteiger charge is 2.37. The van der Waals surface area contributed by atoms with Crippen LogP contribution in [0.1, 0.15) is 44.1 Å². The van der Waals surface area contributed by atoms with Gasteiger partial charge in [-0.3, -0.25) is 9.59 Å². The van der Waals surface area contributed by atoms with E-state index in [-0.39, 0.29) is 5.82 Å². The number of carboxylic acids is 1. The Morgan fingerprint density at radius 2 is 1.51 bits per heavy atom. The predicted octanol–water partition coefficient (Wildman–Crippen LogP) is 4.07. The minimum Gasteiger partial charge on any atom is -0.481 e. The van der Waals surface area contributed by atoms with E-state index in [9.17, 15) is 28.6 Å². The Hall–Kier alpha value is -4.05. The van der Waals surface area contributed by atoms with E-state index in [0.29, 0.717) is 22.3 Å². The first-order chi connectivity index (χ1) is 17.4. The van der Waals surface area contributed by atoms with Crippen molar-refractivity contribution in [3.8, 4) is 0 Å². The van der Waals surface area contributed by atoms with Crippen LogP contribution in [0, 0.1) is 23.0 Å². The zero-order valence-electron chi connectivity index (χ0n) is 20.9. The fourth-order valence-electron chi connectivity index (χ4n) is 4.03. The van der Waals surface area contributed by atoms with Crippen LogP contribution >= 0.6 is 0 Å². The highest BCUT2D eigenvalue weighted by Crippen LogP contribution is 2.33. The van der Waals surface area contributed by atoms with Crippen LogP contribution in [0.15, 0.2) is 60.7 Å². The number of halogens is 2. The van der Waals surface area contributed by atoms with Crippen LogP contribution in [0.25, 0.3) is 11.1 Å². The Balaban J connectivity index is 2.11. The number of rotatable bonds is 9. The molecule has 194 valence electrons. The number of nitrogens with zero attached hydrogens (tertiary/aromatic N) is 4. The van der Waals surface area contributed by atoms with Gasteiger partial charge in [-0.25, -0.2) is 13.5 Å². The molecule has 2 N–H and O–H groups in total. The van der Waals surface area contributed by atoms with Crippen molar-refractivity contribution in [2.24, 2.45) is 18.4 Å². The summed E-state index contributed by atoms with van der Waals surface area (Å²) < 4.78 is 28.8. The van der Waals surface area contributed by atoms with E-state index in [1.54, 1.807) is 52.1 Å². The quantitative estimate of drug-likeness (QED) is 0.329. The van der Waals surface area contributed by atoms with Crippen LogP contribution in [-0.2, 0) is 16.6 Å². The highest BCUT2D eigenvalue weighted by atomic mass is 19.1. The number of carbonyl (C=O) groups excluding carboxylic acids is 1. The summed E-state index contributed by atoms with van der Waals surface area (Å²) in [4.78, 5) is 24.4. The van der Waals surface area contributed by atoms with Crippen molar-refractivity contribution < 1.29 is 28.6 Å². The molecule has 0 spiro atoms. The summed E-state index contributed by atoms with van der Waals surface area (Å²) in [5.74, 6) is -3.76. The normalized spacial score (nSPS) is 13.4. The number of aromatic nitrogens is 4. The van der Waals surface area contributed by atoms with Crippen molar-refractivity contribution in [3.63, 3.8) is 0 Å². The average Bonchev–Trinajstić information content (AvgIpc) is 3.22. The number of carbonyl (C=O) groups is 2. The van der Waals surface area contributed by atoms with Crippen molar-refractivity contribution >= 4 is 22.9 Å². The third-order valence-electron chi connectivity index (χ3n) is 5.73. The predicted molar refractivity (Wildman–Crippen MR) is 133 cm³/mol. The SMILES string of the molecule is Cn1nnnc1C(C=C[C@@H](O)CC(=O)C(C(=O)O)C(C)(C)C)=C(c1ccc(F)cc1)c1ccc(F)cc1. The summed E-state index contributed by atoms with van der Waals surface area (Å²) in [6, 6.07) is 11.3. The highest BCUT2D eigenvalue weighted by molar-refractivity contribution is 6.01. The Labute approximate surface area is 213 Å². The zero-order chi connectivity index (χ0) is 27.3. The lowest BCUT2D eigenvalue weighted by Crippen LogP contribution is -2.36. The number of aliphatic carboxylic acids is 1. The minimum absolute atomic E-state index is 0.288. The number of ketones is 1. The molecule has 0 amide bonds. The molecule has 1 aromatic heterocycles. The number of tetrazole rings is 1. The van der Waals surface area contributed by atoms with Crippen LogP contribution in [0.4, 0.5) is 8.78 Å². The summed E-state index contributed by atoms with van der Waals surface area (Å²) in [5, 5.41) is 31.8. The summed E-state index contributed by atoms with van der Waals surface area (Å²) in [6.07, 6.45) is 1.13. The molecule has 1 heterocycles. The largest absolute Gasteiger partial charge is 0.481 e. The lowest BCUT2D eigenvalue weighted by molar-refractivity contribution is -0.151. The van der Waals surface area contributed by atoms with Crippen molar-refractivity contribution in [2.45, 2.75) is 33.3 Å². The van der Waals surface area contributed by atoms with Crippen LogP contribution in [0.5, 0.6) is 0 Å². The number of aliphatic hydroxyl groups excluding tert-OH is 1. The summed E-state index contributed by atoms with van der Waals surface area (Å²) in [6.45, 7) is 4.93. The van der Waals surface area contributed by atoms with Gasteiger partial charge in [0.1, 0.15) is 17.6 Å². The summed E-state index contributed by atoms with van der Waals surface area (Å²) in [7, 11) is 1.61. The van der Waals surface area contributed by atoms with Gasteiger partial charge in [-0.1, -0.05) is 57.2 Å². The molecule has 3 rings (SSSR count). The molecule has 0 bridgehead atoms. The number of carboxylic acid groups (broad SMARTS) is 1. The number of allylic oxidation sites excluding steroid dienone is 2. The zero-order valence-corrected chi connectivity index (χ0v) is 20.9. The van der Waals surface area contributed by atoms with E-state index in [2.05, 4.69) is 15.5 Å². The molecule has 1 unspecified atom stereocenters. The van der Waals surface area contributed by atoms with Crippen molar-refractivity contribution in [2.75, 3.05) is 0 Å². The summed E-state index contributed by atoms with van der Waals surface area (Å²) in [5.41, 5.74) is 1.23. The second-order valence-electron chi connectivity index (χ2n) is 9.66. The molecule has 0 aliphatic rings. The molecule has 0 saturated carbocycles. The molecule has 8 nitrogen and oxygen atoms in total. The second kappa shape index (κ2) is 11.3. The number of hydrogen-bond acceptors (Lipinski definition) is 6. The first-order valence-corrected chi connectivity index (χ1v) is 11.5. The van der Waals surface area contributed by atoms with Crippen LogP contribution in [0.3, 0.4) is 0 Å². The number of hydrogen-bond donors (Lipinski definition) is 2. The fourth-order valence-corrected chi connectivity index (χ4v) is 4.03. The van der Waals surface area contributed by atoms with Gasteiger partial charge in [0.2, 0.25) is 0 Å². The molecular formula is C27H28F2N4O4. The van der Waals surface area contributed by atoms with Crippen molar-refractivity contribution in [1.82, 2.24) is 20.2 Å². The molecule has 2 atom stereocenters. The Morgan fingerprint density at radius 1 is 1.00 bits per heavy atom. The van der Waals surface area contributed by atoms with Gasteiger partial charge in [-0.15, -0.1) is 5.10 Å². The lowest BCUT2D eigenvalue weighted by Gasteiger charge is -2.26. The van der Waals surface area contributed by atoms with E-state index >= 15 is 0 Å². The molecule has 0 fully saturated rings. The van der Waals surface area contributed by atoms with E-state index in [4.69, 9.17) is 0 Å². The van der Waals surface area contributed by atoms with Gasteiger partial charge in [0.05, 0.1) is 6.10 Å². The van der Waals surface area contributed by atoms with E-state index in [1.807, 2.05) is 0 Å². The van der Waals surface area contributed by atoms with Gasteiger partial charge >= 0.3 is 5.97 Å². The van der Waals surface area contributed by atoms with Gasteiger partial charge in [-0.2, -0.15) is 0 Å². The lowest BCUT2D eigenvalue weighted by atomic mass is 9.77.